The van der Waals surface area contributed by atoms with Gasteiger partial charge in [-0.05, 0) is 31.6 Å². The molecule has 2 rings (SSSR count). The molecule has 0 aliphatic carbocycles. The summed E-state index contributed by atoms with van der Waals surface area (Å²) in [6, 6.07) is 4.05. The second-order valence-electron chi connectivity index (χ2n) is 5.70. The van der Waals surface area contributed by atoms with Crippen molar-refractivity contribution in [2.24, 2.45) is 5.92 Å². The molecule has 2 aromatic rings. The Bertz CT molecular complexity index is 488. The van der Waals surface area contributed by atoms with Gasteiger partial charge in [-0.3, -0.25) is 4.90 Å². The van der Waals surface area contributed by atoms with Crippen molar-refractivity contribution in [1.29, 1.82) is 0 Å². The number of hydrogen-bond donors (Lipinski definition) is 1. The van der Waals surface area contributed by atoms with Crippen LogP contribution in [0.2, 0.25) is 0 Å². The Morgan fingerprint density at radius 3 is 2.75 bits per heavy atom. The van der Waals surface area contributed by atoms with Crippen LogP contribution in [0.1, 0.15) is 30.7 Å². The van der Waals surface area contributed by atoms with E-state index < -0.39 is 0 Å². The first-order chi connectivity index (χ1) is 9.65. The zero-order valence-electron chi connectivity index (χ0n) is 12.6. The average molecular weight is 276 g/mol. The van der Waals surface area contributed by atoms with Crippen LogP contribution in [0.15, 0.2) is 39.8 Å². The van der Waals surface area contributed by atoms with Crippen molar-refractivity contribution in [1.82, 2.24) is 10.2 Å². The van der Waals surface area contributed by atoms with Gasteiger partial charge in [0, 0.05) is 24.2 Å². The summed E-state index contributed by atoms with van der Waals surface area (Å²) in [6.45, 7) is 7.95. The number of furan rings is 2. The molecule has 0 saturated heterocycles. The van der Waals surface area contributed by atoms with Crippen LogP contribution in [0.4, 0.5) is 0 Å². The van der Waals surface area contributed by atoms with Crippen LogP contribution in [-0.2, 0) is 19.6 Å². The van der Waals surface area contributed by atoms with Gasteiger partial charge in [0.15, 0.2) is 0 Å². The van der Waals surface area contributed by atoms with Gasteiger partial charge in [0.1, 0.15) is 5.76 Å². The number of nitrogens with one attached hydrogen (secondary N) is 1. The van der Waals surface area contributed by atoms with Crippen LogP contribution in [0, 0.1) is 5.92 Å². The second-order valence-corrected chi connectivity index (χ2v) is 5.70. The molecule has 0 aliphatic heterocycles. The topological polar surface area (TPSA) is 41.6 Å². The molecule has 20 heavy (non-hydrogen) atoms. The normalized spacial score (nSPS) is 11.7. The van der Waals surface area contributed by atoms with Crippen molar-refractivity contribution in [3.63, 3.8) is 0 Å². The quantitative estimate of drug-likeness (QED) is 0.803. The Morgan fingerprint density at radius 2 is 2.05 bits per heavy atom. The molecule has 0 aromatic carbocycles. The van der Waals surface area contributed by atoms with E-state index in [1.54, 1.807) is 18.8 Å². The van der Waals surface area contributed by atoms with Crippen molar-refractivity contribution in [2.75, 3.05) is 13.6 Å². The molecule has 4 heteroatoms. The van der Waals surface area contributed by atoms with Gasteiger partial charge in [-0.15, -0.1) is 0 Å². The van der Waals surface area contributed by atoms with E-state index in [1.165, 1.54) is 11.1 Å². The Hall–Kier alpha value is -1.52. The molecule has 0 atom stereocenters. The summed E-state index contributed by atoms with van der Waals surface area (Å²) in [6.07, 6.45) is 5.27. The maximum absolute atomic E-state index is 5.57. The van der Waals surface area contributed by atoms with Gasteiger partial charge >= 0.3 is 0 Å². The van der Waals surface area contributed by atoms with Crippen LogP contribution in [0.25, 0.3) is 0 Å². The molecule has 0 amide bonds. The highest BCUT2D eigenvalue weighted by Crippen LogP contribution is 2.14. The number of hydrogen-bond acceptors (Lipinski definition) is 4. The first-order valence-electron chi connectivity index (χ1n) is 7.10. The molecule has 0 bridgehead atoms. The predicted molar refractivity (Wildman–Crippen MR) is 79.1 cm³/mol. The fourth-order valence-electron chi connectivity index (χ4n) is 2.18. The van der Waals surface area contributed by atoms with Crippen molar-refractivity contribution in [3.05, 3.63) is 47.8 Å². The standard InChI is InChI=1S/C16H24N2O2/c1-13(2)8-17-9-16-15(5-7-20-16)11-18(3)10-14-4-6-19-12-14/h4-7,12-13,17H,8-11H2,1-3H3. The highest BCUT2D eigenvalue weighted by atomic mass is 16.3. The lowest BCUT2D eigenvalue weighted by Gasteiger charge is -2.15. The Morgan fingerprint density at radius 1 is 1.20 bits per heavy atom. The molecule has 2 aromatic heterocycles. The minimum atomic E-state index is 0.650. The van der Waals surface area contributed by atoms with Gasteiger partial charge in [-0.2, -0.15) is 0 Å². The second kappa shape index (κ2) is 7.31. The van der Waals surface area contributed by atoms with Crippen LogP contribution in [-0.4, -0.2) is 18.5 Å². The first kappa shape index (κ1) is 14.9. The highest BCUT2D eigenvalue weighted by Gasteiger charge is 2.10. The molecular formula is C16H24N2O2. The molecule has 0 aliphatic rings. The lowest BCUT2D eigenvalue weighted by Crippen LogP contribution is -2.21. The van der Waals surface area contributed by atoms with Gasteiger partial charge in [-0.1, -0.05) is 13.8 Å². The van der Waals surface area contributed by atoms with Crippen molar-refractivity contribution in [3.8, 4) is 0 Å². The Kier molecular flexibility index (Phi) is 5.44. The summed E-state index contributed by atoms with van der Waals surface area (Å²) in [7, 11) is 2.10. The average Bonchev–Trinajstić information content (AvgIpc) is 3.01. The summed E-state index contributed by atoms with van der Waals surface area (Å²) >= 11 is 0. The lowest BCUT2D eigenvalue weighted by atomic mass is 10.2. The van der Waals surface area contributed by atoms with E-state index in [1.807, 2.05) is 6.07 Å². The molecule has 2 heterocycles. The van der Waals surface area contributed by atoms with Gasteiger partial charge in [0.2, 0.25) is 0 Å². The van der Waals surface area contributed by atoms with Gasteiger partial charge in [0.25, 0.3) is 0 Å². The summed E-state index contributed by atoms with van der Waals surface area (Å²) in [5.41, 5.74) is 2.43. The lowest BCUT2D eigenvalue weighted by molar-refractivity contribution is 0.313. The van der Waals surface area contributed by atoms with Gasteiger partial charge in [0.05, 0.1) is 25.3 Å². The highest BCUT2D eigenvalue weighted by molar-refractivity contribution is 5.17. The summed E-state index contributed by atoms with van der Waals surface area (Å²) < 4.78 is 10.7. The smallest absolute Gasteiger partial charge is 0.122 e. The minimum absolute atomic E-state index is 0.650. The Labute approximate surface area is 120 Å². The third-order valence-corrected chi connectivity index (χ3v) is 3.15. The van der Waals surface area contributed by atoms with Gasteiger partial charge in [-0.25, -0.2) is 0 Å². The van der Waals surface area contributed by atoms with Gasteiger partial charge < -0.3 is 14.2 Å². The monoisotopic (exact) mass is 276 g/mol. The maximum Gasteiger partial charge on any atom is 0.122 e. The van der Waals surface area contributed by atoms with Crippen LogP contribution in [0.5, 0.6) is 0 Å². The molecule has 0 spiro atoms. The molecule has 0 unspecified atom stereocenters. The maximum atomic E-state index is 5.57. The molecular weight excluding hydrogens is 252 g/mol. The largest absolute Gasteiger partial charge is 0.472 e. The molecule has 0 fully saturated rings. The van der Waals surface area contributed by atoms with E-state index in [2.05, 4.69) is 37.2 Å². The Balaban J connectivity index is 1.84. The van der Waals surface area contributed by atoms with E-state index in [9.17, 15) is 0 Å². The van der Waals surface area contributed by atoms with E-state index in [0.29, 0.717) is 5.92 Å². The van der Waals surface area contributed by atoms with Crippen molar-refractivity contribution >= 4 is 0 Å². The van der Waals surface area contributed by atoms with E-state index in [4.69, 9.17) is 8.83 Å². The number of rotatable bonds is 8. The summed E-state index contributed by atoms with van der Waals surface area (Å²) in [4.78, 5) is 2.25. The molecule has 0 radical (unpaired) electrons. The fourth-order valence-corrected chi connectivity index (χ4v) is 2.18. The third kappa shape index (κ3) is 4.54. The van der Waals surface area contributed by atoms with Crippen LogP contribution >= 0.6 is 0 Å². The summed E-state index contributed by atoms with van der Waals surface area (Å²) in [5.74, 6) is 1.68. The zero-order chi connectivity index (χ0) is 14.4. The van der Waals surface area contributed by atoms with Crippen LogP contribution < -0.4 is 5.32 Å². The predicted octanol–water partition coefficient (Wildman–Crippen LogP) is 3.25. The minimum Gasteiger partial charge on any atom is -0.472 e. The van der Waals surface area contributed by atoms with E-state index >= 15 is 0 Å². The molecule has 4 nitrogen and oxygen atoms in total. The van der Waals surface area contributed by atoms with Crippen molar-refractivity contribution < 1.29 is 8.83 Å². The van der Waals surface area contributed by atoms with E-state index in [0.717, 1.165) is 31.9 Å². The zero-order valence-corrected chi connectivity index (χ0v) is 12.6. The third-order valence-electron chi connectivity index (χ3n) is 3.15. The van der Waals surface area contributed by atoms with Crippen molar-refractivity contribution in [2.45, 2.75) is 33.5 Å². The first-order valence-corrected chi connectivity index (χ1v) is 7.10. The fraction of sp³-hybridized carbons (Fsp3) is 0.500. The van der Waals surface area contributed by atoms with E-state index in [-0.39, 0.29) is 0 Å². The molecule has 0 saturated carbocycles. The summed E-state index contributed by atoms with van der Waals surface area (Å²) in [5, 5.41) is 3.42. The number of nitrogens with zero attached hydrogens (tertiary/aromatic N) is 1. The molecule has 1 N–H and O–H groups in total. The molecule has 110 valence electrons. The SMILES string of the molecule is CC(C)CNCc1occc1CN(C)Cc1ccoc1. The van der Waals surface area contributed by atoms with Crippen LogP contribution in [0.3, 0.4) is 0 Å².